The van der Waals surface area contributed by atoms with E-state index in [4.69, 9.17) is 4.74 Å². The standard InChI is InChI=1S/C12H18NO.6FH.Sb/c1-10-4-6-11(7-5-10)12-13(2,3)8-9-14-12;;;;;;;/h4-7,12H,8-9H2,1-3H3;6*1H;/q+1;;;;;;;+5/p-6. The van der Waals surface area contributed by atoms with Gasteiger partial charge in [-0.2, -0.15) is 0 Å². The summed E-state index contributed by atoms with van der Waals surface area (Å²) in [6.07, 6.45) is 0.218. The number of likely N-dealkylation sites (N-methyl/N-ethyl adjacent to an activating group) is 1. The van der Waals surface area contributed by atoms with E-state index in [-0.39, 0.29) is 6.23 Å². The van der Waals surface area contributed by atoms with Crippen LogP contribution in [0.3, 0.4) is 0 Å². The number of ether oxygens (including phenoxy) is 1. The van der Waals surface area contributed by atoms with E-state index in [0.717, 1.165) is 17.6 Å². The molecule has 0 bridgehead atoms. The summed E-state index contributed by atoms with van der Waals surface area (Å²) in [6.45, 7) is 4.07. The number of rotatable bonds is 1. The summed E-state index contributed by atoms with van der Waals surface area (Å²) in [7, 11) is 4.44. The van der Waals surface area contributed by atoms with Crippen LogP contribution in [0, 0.1) is 6.92 Å². The summed E-state index contributed by atoms with van der Waals surface area (Å²) in [6, 6.07) is 8.64. The zero-order valence-electron chi connectivity index (χ0n) is 11.9. The maximum absolute atomic E-state index is 11.2. The Morgan fingerprint density at radius 3 is 1.76 bits per heavy atom. The third-order valence-electron chi connectivity index (χ3n) is 2.94. The zero-order chi connectivity index (χ0) is 16.6. The van der Waals surface area contributed by atoms with Crippen molar-refractivity contribution in [2.45, 2.75) is 13.2 Å². The first kappa shape index (κ1) is 18.6. The zero-order valence-corrected chi connectivity index (χ0v) is 14.4. The molecular formula is C12H18F6NOSb. The van der Waals surface area contributed by atoms with Crippen LogP contribution in [0.1, 0.15) is 17.4 Å². The molecule has 0 N–H and O–H groups in total. The molecule has 1 aliphatic rings. The summed E-state index contributed by atoms with van der Waals surface area (Å²) in [5.74, 6) is 0. The molecule has 1 aromatic rings. The molecule has 1 unspecified atom stereocenters. The molecule has 0 aromatic heterocycles. The number of aryl methyl sites for hydroxylation is 1. The minimum absolute atomic E-state index is 0.218. The van der Waals surface area contributed by atoms with Crippen molar-refractivity contribution in [1.82, 2.24) is 0 Å². The Bertz CT molecular complexity index is 484. The molecule has 1 heterocycles. The average Bonchev–Trinajstić information content (AvgIpc) is 2.55. The fourth-order valence-corrected chi connectivity index (χ4v) is 1.95. The van der Waals surface area contributed by atoms with Gasteiger partial charge in [-0.15, -0.1) is 0 Å². The van der Waals surface area contributed by atoms with Crippen LogP contribution in [0.15, 0.2) is 24.3 Å². The van der Waals surface area contributed by atoms with Crippen LogP contribution < -0.4 is 0 Å². The van der Waals surface area contributed by atoms with Crippen molar-refractivity contribution in [2.24, 2.45) is 0 Å². The Kier molecular flexibility index (Phi) is 4.45. The van der Waals surface area contributed by atoms with E-state index in [1.807, 2.05) is 0 Å². The SMILES string of the molecule is Cc1ccc(C2OCC[N+]2(C)C)cc1.[F][Sb-]([F])([F])([F])([F])[F]. The third-order valence-corrected chi connectivity index (χ3v) is 2.94. The fraction of sp³-hybridized carbons (Fsp3) is 0.500. The number of hydrogen-bond acceptors (Lipinski definition) is 1. The van der Waals surface area contributed by atoms with Crippen molar-refractivity contribution in [3.63, 3.8) is 0 Å². The van der Waals surface area contributed by atoms with Gasteiger partial charge in [-0.05, 0) is 6.92 Å². The molecule has 0 amide bonds. The van der Waals surface area contributed by atoms with E-state index in [2.05, 4.69) is 45.3 Å². The van der Waals surface area contributed by atoms with Gasteiger partial charge in [0.1, 0.15) is 13.2 Å². The Hall–Kier alpha value is -0.462. The Balaban J connectivity index is 0.000000270. The molecule has 2 nitrogen and oxygen atoms in total. The number of halogens is 6. The molecule has 1 aliphatic heterocycles. The van der Waals surface area contributed by atoms with Crippen molar-refractivity contribution >= 4 is 19.5 Å². The first-order valence-electron chi connectivity index (χ1n) is 6.12. The Morgan fingerprint density at radius 1 is 1.00 bits per heavy atom. The minimum atomic E-state index is -11.2. The number of nitrogens with zero attached hydrogens (tertiary/aromatic N) is 1. The van der Waals surface area contributed by atoms with Gasteiger partial charge in [0.25, 0.3) is 0 Å². The molecule has 9 heteroatoms. The number of benzene rings is 1. The maximum atomic E-state index is 9.93. The van der Waals surface area contributed by atoms with Gasteiger partial charge in [-0.3, -0.25) is 4.48 Å². The molecule has 124 valence electrons. The van der Waals surface area contributed by atoms with Gasteiger partial charge in [-0.1, -0.05) is 29.8 Å². The van der Waals surface area contributed by atoms with Gasteiger partial charge >= 0.3 is 36.4 Å². The number of quaternary nitrogens is 1. The van der Waals surface area contributed by atoms with Gasteiger partial charge in [0.15, 0.2) is 0 Å². The molecule has 21 heavy (non-hydrogen) atoms. The van der Waals surface area contributed by atoms with E-state index < -0.39 is 19.5 Å². The van der Waals surface area contributed by atoms with Crippen LogP contribution in [0.25, 0.3) is 0 Å². The van der Waals surface area contributed by atoms with Crippen LogP contribution >= 0.6 is 0 Å². The first-order valence-corrected chi connectivity index (χ1v) is 11.9. The molecule has 0 spiro atoms. The molecule has 2 rings (SSSR count). The van der Waals surface area contributed by atoms with Crippen molar-refractivity contribution in [1.29, 1.82) is 0 Å². The topological polar surface area (TPSA) is 9.23 Å². The van der Waals surface area contributed by atoms with Crippen molar-refractivity contribution < 1.29 is 26.1 Å². The van der Waals surface area contributed by atoms with Gasteiger partial charge in [0.05, 0.1) is 14.1 Å². The predicted molar refractivity (Wildman–Crippen MR) is 69.2 cm³/mol. The first-order chi connectivity index (χ1) is 9.04. The van der Waals surface area contributed by atoms with E-state index >= 15 is 0 Å². The van der Waals surface area contributed by atoms with E-state index in [0.29, 0.717) is 0 Å². The molecule has 1 fully saturated rings. The summed E-state index contributed by atoms with van der Waals surface area (Å²) in [5, 5.41) is 0. The molecule has 0 radical (unpaired) electrons. The second-order valence-corrected chi connectivity index (χ2v) is 11.1. The van der Waals surface area contributed by atoms with Gasteiger partial charge in [0.2, 0.25) is 6.23 Å². The Labute approximate surface area is 121 Å². The van der Waals surface area contributed by atoms with Gasteiger partial charge in [0, 0.05) is 5.56 Å². The fourth-order valence-electron chi connectivity index (χ4n) is 1.95. The van der Waals surface area contributed by atoms with Crippen molar-refractivity contribution in [2.75, 3.05) is 27.2 Å². The molecular weight excluding hydrogens is 410 g/mol. The molecule has 1 atom stereocenters. The van der Waals surface area contributed by atoms with Crippen LogP contribution in [0.5, 0.6) is 0 Å². The normalized spacial score (nSPS) is 24.5. The van der Waals surface area contributed by atoms with Crippen LogP contribution in [0.4, 0.5) is 16.9 Å². The monoisotopic (exact) mass is 427 g/mol. The molecule has 0 saturated carbocycles. The molecule has 1 saturated heterocycles. The summed E-state index contributed by atoms with van der Waals surface area (Å²) in [4.78, 5) is 0. The predicted octanol–water partition coefficient (Wildman–Crippen LogP) is 4.24. The van der Waals surface area contributed by atoms with Crippen LogP contribution in [-0.4, -0.2) is 51.2 Å². The van der Waals surface area contributed by atoms with Crippen LogP contribution in [-0.2, 0) is 4.74 Å². The molecule has 0 aliphatic carbocycles. The third kappa shape index (κ3) is 8.53. The van der Waals surface area contributed by atoms with Gasteiger partial charge < -0.3 is 4.74 Å². The number of hydrogen-bond donors (Lipinski definition) is 0. The van der Waals surface area contributed by atoms with Gasteiger partial charge in [-0.25, -0.2) is 0 Å². The quantitative estimate of drug-likeness (QED) is 0.370. The van der Waals surface area contributed by atoms with Crippen molar-refractivity contribution in [3.05, 3.63) is 35.4 Å². The van der Waals surface area contributed by atoms with E-state index in [1.54, 1.807) is 0 Å². The van der Waals surface area contributed by atoms with Crippen LogP contribution in [0.2, 0.25) is 0 Å². The second kappa shape index (κ2) is 5.03. The molecule has 1 aromatic carbocycles. The Morgan fingerprint density at radius 2 is 1.43 bits per heavy atom. The van der Waals surface area contributed by atoms with Crippen molar-refractivity contribution in [3.8, 4) is 0 Å². The summed E-state index contributed by atoms with van der Waals surface area (Å²) >= 11 is -11.2. The second-order valence-electron chi connectivity index (χ2n) is 5.59. The van der Waals surface area contributed by atoms with E-state index in [9.17, 15) is 16.9 Å². The van der Waals surface area contributed by atoms with E-state index in [1.165, 1.54) is 11.1 Å². The summed E-state index contributed by atoms with van der Waals surface area (Å²) in [5.41, 5.74) is 2.59. The summed E-state index contributed by atoms with van der Waals surface area (Å²) < 4.78 is 66.2. The average molecular weight is 428 g/mol.